The van der Waals surface area contributed by atoms with E-state index in [1.54, 1.807) is 4.90 Å². The number of carbonyl (C=O) groups excluding carboxylic acids is 1. The van der Waals surface area contributed by atoms with Crippen LogP contribution in [0, 0.1) is 5.92 Å². The first-order valence-corrected chi connectivity index (χ1v) is 7.75. The molecule has 1 amide bonds. The highest BCUT2D eigenvalue weighted by molar-refractivity contribution is 5.78. The van der Waals surface area contributed by atoms with Gasteiger partial charge < -0.3 is 4.90 Å². The molecule has 3 heterocycles. The molecule has 6 nitrogen and oxygen atoms in total. The number of halogens is 2. The van der Waals surface area contributed by atoms with Crippen LogP contribution in [0.1, 0.15) is 50.4 Å². The average Bonchev–Trinajstić information content (AvgIpc) is 3.01. The molecule has 124 valence electrons. The summed E-state index contributed by atoms with van der Waals surface area (Å²) in [6.45, 7) is 4.95. The van der Waals surface area contributed by atoms with Gasteiger partial charge in [-0.15, -0.1) is 0 Å². The van der Waals surface area contributed by atoms with Crippen molar-refractivity contribution in [2.75, 3.05) is 13.1 Å². The lowest BCUT2D eigenvalue weighted by atomic mass is 9.93. The van der Waals surface area contributed by atoms with Gasteiger partial charge in [-0.2, -0.15) is 14.6 Å². The molecule has 23 heavy (non-hydrogen) atoms. The van der Waals surface area contributed by atoms with E-state index in [0.29, 0.717) is 18.8 Å². The molecule has 2 aromatic heterocycles. The van der Waals surface area contributed by atoms with Gasteiger partial charge in [0, 0.05) is 24.9 Å². The van der Waals surface area contributed by atoms with Crippen molar-refractivity contribution in [3.63, 3.8) is 0 Å². The summed E-state index contributed by atoms with van der Waals surface area (Å²) in [5.74, 6) is 0.139. The summed E-state index contributed by atoms with van der Waals surface area (Å²) in [5, 5.41) is 3.79. The van der Waals surface area contributed by atoms with Crippen molar-refractivity contribution in [1.82, 2.24) is 24.5 Å². The van der Waals surface area contributed by atoms with Gasteiger partial charge in [0.05, 0.1) is 5.69 Å². The van der Waals surface area contributed by atoms with E-state index in [1.807, 2.05) is 13.8 Å². The number of carbonyl (C=O) groups is 1. The molecule has 1 fully saturated rings. The molecule has 0 unspecified atom stereocenters. The SMILES string of the molecule is CC(C)C(=O)N1CCC[C@@H](c2cc(C(F)F)n3ncnc3n2)C1. The number of hydrogen-bond acceptors (Lipinski definition) is 4. The Morgan fingerprint density at radius 2 is 2.17 bits per heavy atom. The monoisotopic (exact) mass is 323 g/mol. The second-order valence-electron chi connectivity index (χ2n) is 6.16. The van der Waals surface area contributed by atoms with E-state index in [1.165, 1.54) is 12.4 Å². The Morgan fingerprint density at radius 1 is 1.39 bits per heavy atom. The summed E-state index contributed by atoms with van der Waals surface area (Å²) in [4.78, 5) is 22.3. The lowest BCUT2D eigenvalue weighted by Crippen LogP contribution is -2.41. The highest BCUT2D eigenvalue weighted by atomic mass is 19.3. The van der Waals surface area contributed by atoms with Crippen LogP contribution in [-0.2, 0) is 4.79 Å². The molecule has 1 aliphatic rings. The molecular formula is C15H19F2N5O. The number of alkyl halides is 2. The fourth-order valence-corrected chi connectivity index (χ4v) is 3.00. The number of rotatable bonds is 3. The first-order valence-electron chi connectivity index (χ1n) is 7.75. The predicted molar refractivity (Wildman–Crippen MR) is 79.1 cm³/mol. The Morgan fingerprint density at radius 3 is 2.87 bits per heavy atom. The second-order valence-corrected chi connectivity index (χ2v) is 6.16. The topological polar surface area (TPSA) is 63.4 Å². The number of nitrogens with zero attached hydrogens (tertiary/aromatic N) is 5. The number of fused-ring (bicyclic) bond motifs is 1. The van der Waals surface area contributed by atoms with Gasteiger partial charge in [-0.05, 0) is 18.9 Å². The maximum absolute atomic E-state index is 13.3. The molecule has 0 saturated carbocycles. The van der Waals surface area contributed by atoms with Gasteiger partial charge in [-0.3, -0.25) is 4.79 Å². The number of hydrogen-bond donors (Lipinski definition) is 0. The van der Waals surface area contributed by atoms with E-state index in [4.69, 9.17) is 0 Å². The summed E-state index contributed by atoms with van der Waals surface area (Å²) < 4.78 is 27.6. The molecule has 2 aromatic rings. The van der Waals surface area contributed by atoms with Crippen molar-refractivity contribution in [2.24, 2.45) is 5.92 Å². The normalized spacial score (nSPS) is 19.0. The van der Waals surface area contributed by atoms with Gasteiger partial charge >= 0.3 is 0 Å². The van der Waals surface area contributed by atoms with Crippen molar-refractivity contribution < 1.29 is 13.6 Å². The maximum atomic E-state index is 13.3. The molecule has 0 aromatic carbocycles. The highest BCUT2D eigenvalue weighted by Gasteiger charge is 2.28. The Hall–Kier alpha value is -2.12. The van der Waals surface area contributed by atoms with E-state index < -0.39 is 6.43 Å². The van der Waals surface area contributed by atoms with Crippen LogP contribution in [0.2, 0.25) is 0 Å². The van der Waals surface area contributed by atoms with Crippen molar-refractivity contribution in [2.45, 2.75) is 39.0 Å². The van der Waals surface area contributed by atoms with E-state index in [-0.39, 0.29) is 29.2 Å². The Bertz CT molecular complexity index is 715. The zero-order valence-electron chi connectivity index (χ0n) is 13.1. The third kappa shape index (κ3) is 3.02. The van der Waals surface area contributed by atoms with Gasteiger partial charge in [0.15, 0.2) is 0 Å². The molecule has 0 radical (unpaired) electrons. The van der Waals surface area contributed by atoms with Crippen LogP contribution in [-0.4, -0.2) is 43.5 Å². The maximum Gasteiger partial charge on any atom is 0.280 e. The van der Waals surface area contributed by atoms with Gasteiger partial charge in [0.2, 0.25) is 5.91 Å². The number of amides is 1. The van der Waals surface area contributed by atoms with Crippen LogP contribution in [0.25, 0.3) is 5.78 Å². The molecule has 0 spiro atoms. The lowest BCUT2D eigenvalue weighted by Gasteiger charge is -2.33. The van der Waals surface area contributed by atoms with Crippen LogP contribution < -0.4 is 0 Å². The van der Waals surface area contributed by atoms with Crippen LogP contribution in [0.5, 0.6) is 0 Å². The molecular weight excluding hydrogens is 304 g/mol. The van der Waals surface area contributed by atoms with E-state index in [0.717, 1.165) is 17.4 Å². The minimum absolute atomic E-state index is 0.0503. The first-order chi connectivity index (χ1) is 11.0. The van der Waals surface area contributed by atoms with Crippen LogP contribution in [0.4, 0.5) is 8.78 Å². The molecule has 1 saturated heterocycles. The van der Waals surface area contributed by atoms with Crippen LogP contribution >= 0.6 is 0 Å². The summed E-state index contributed by atoms with van der Waals surface area (Å²) >= 11 is 0. The first kappa shape index (κ1) is 15.8. The standard InChI is InChI=1S/C15H19F2N5O/c1-9(2)14(23)21-5-3-4-10(7-21)11-6-12(13(16)17)22-15(20-11)18-8-19-22/h6,8-10,13H,3-5,7H2,1-2H3/t10-/m1/s1. The number of piperidine rings is 1. The summed E-state index contributed by atoms with van der Waals surface area (Å²) in [6, 6.07) is 1.39. The summed E-state index contributed by atoms with van der Waals surface area (Å²) in [6.07, 6.45) is 0.222. The minimum Gasteiger partial charge on any atom is -0.342 e. The zero-order valence-corrected chi connectivity index (χ0v) is 13.1. The molecule has 3 rings (SSSR count). The zero-order chi connectivity index (χ0) is 16.6. The van der Waals surface area contributed by atoms with Gasteiger partial charge in [0.25, 0.3) is 12.2 Å². The third-order valence-corrected chi connectivity index (χ3v) is 4.17. The van der Waals surface area contributed by atoms with Crippen molar-refractivity contribution >= 4 is 11.7 Å². The Kier molecular flexibility index (Phi) is 4.23. The fraction of sp³-hybridized carbons (Fsp3) is 0.600. The van der Waals surface area contributed by atoms with E-state index >= 15 is 0 Å². The van der Waals surface area contributed by atoms with E-state index in [2.05, 4.69) is 15.1 Å². The second kappa shape index (κ2) is 6.17. The lowest BCUT2D eigenvalue weighted by molar-refractivity contribution is -0.135. The van der Waals surface area contributed by atoms with Crippen molar-refractivity contribution in [1.29, 1.82) is 0 Å². The van der Waals surface area contributed by atoms with Crippen molar-refractivity contribution in [3.8, 4) is 0 Å². The molecule has 0 aliphatic carbocycles. The number of likely N-dealkylation sites (tertiary alicyclic amines) is 1. The smallest absolute Gasteiger partial charge is 0.280 e. The third-order valence-electron chi connectivity index (χ3n) is 4.17. The molecule has 0 bridgehead atoms. The molecule has 1 atom stereocenters. The van der Waals surface area contributed by atoms with Crippen molar-refractivity contribution in [3.05, 3.63) is 23.8 Å². The minimum atomic E-state index is -2.65. The summed E-state index contributed by atoms with van der Waals surface area (Å²) in [7, 11) is 0. The molecule has 0 N–H and O–H groups in total. The fourth-order valence-electron chi connectivity index (χ4n) is 3.00. The predicted octanol–water partition coefficient (Wildman–Crippen LogP) is 2.42. The van der Waals surface area contributed by atoms with E-state index in [9.17, 15) is 13.6 Å². The Balaban J connectivity index is 1.91. The van der Waals surface area contributed by atoms with Crippen LogP contribution in [0.15, 0.2) is 12.4 Å². The van der Waals surface area contributed by atoms with Gasteiger partial charge in [0.1, 0.15) is 12.0 Å². The van der Waals surface area contributed by atoms with Gasteiger partial charge in [-0.1, -0.05) is 13.8 Å². The average molecular weight is 323 g/mol. The highest BCUT2D eigenvalue weighted by Crippen LogP contribution is 2.29. The Labute approximate surface area is 132 Å². The quantitative estimate of drug-likeness (QED) is 0.870. The van der Waals surface area contributed by atoms with Gasteiger partial charge in [-0.25, -0.2) is 13.8 Å². The largest absolute Gasteiger partial charge is 0.342 e. The number of aromatic nitrogens is 4. The molecule has 1 aliphatic heterocycles. The molecule has 8 heteroatoms. The van der Waals surface area contributed by atoms with Crippen LogP contribution in [0.3, 0.4) is 0 Å². The summed E-state index contributed by atoms with van der Waals surface area (Å²) in [5.41, 5.74) is 0.344.